The van der Waals surface area contributed by atoms with Crippen LogP contribution in [-0.2, 0) is 16.1 Å². The van der Waals surface area contributed by atoms with E-state index in [0.717, 1.165) is 45.0 Å². The van der Waals surface area contributed by atoms with Gasteiger partial charge in [0.1, 0.15) is 0 Å². The van der Waals surface area contributed by atoms with Crippen molar-refractivity contribution in [3.63, 3.8) is 0 Å². The molecule has 2 aliphatic heterocycles. The van der Waals surface area contributed by atoms with Gasteiger partial charge in [-0.2, -0.15) is 0 Å². The van der Waals surface area contributed by atoms with Gasteiger partial charge < -0.3 is 15.0 Å². The Balaban J connectivity index is 1.37. The molecule has 0 radical (unpaired) electrons. The summed E-state index contributed by atoms with van der Waals surface area (Å²) in [6.07, 6.45) is 4.16. The van der Waals surface area contributed by atoms with Gasteiger partial charge in [0.15, 0.2) is 5.96 Å². The molecule has 27 heavy (non-hydrogen) atoms. The second-order valence-corrected chi connectivity index (χ2v) is 8.54. The van der Waals surface area contributed by atoms with E-state index in [9.17, 15) is 4.79 Å². The molecule has 0 amide bonds. The minimum Gasteiger partial charge on any atom is -0.469 e. The average Bonchev–Trinajstić information content (AvgIpc) is 3.22. The normalized spacial score (nSPS) is 20.7. The Labute approximate surface area is 166 Å². The topological polar surface area (TPSA) is 57.2 Å². The molecule has 3 rings (SSSR count). The minimum atomic E-state index is -0.0769. The van der Waals surface area contributed by atoms with Crippen LogP contribution in [0.2, 0.25) is 0 Å². The number of thiophene rings is 1. The van der Waals surface area contributed by atoms with Crippen molar-refractivity contribution in [1.82, 2.24) is 15.1 Å². The lowest BCUT2D eigenvalue weighted by molar-refractivity contribution is -0.146. The zero-order valence-corrected chi connectivity index (χ0v) is 17.3. The fraction of sp³-hybridized carbons (Fsp3) is 0.700. The molecule has 0 bridgehead atoms. The van der Waals surface area contributed by atoms with Crippen LogP contribution in [0.5, 0.6) is 0 Å². The molecule has 2 aliphatic rings. The molecular weight excluding hydrogens is 360 g/mol. The van der Waals surface area contributed by atoms with Gasteiger partial charge in [-0.1, -0.05) is 6.07 Å². The van der Waals surface area contributed by atoms with Gasteiger partial charge in [-0.3, -0.25) is 14.7 Å². The Morgan fingerprint density at radius 1 is 1.26 bits per heavy atom. The largest absolute Gasteiger partial charge is 0.469 e. The Hall–Kier alpha value is -1.60. The van der Waals surface area contributed by atoms with Crippen LogP contribution >= 0.6 is 11.3 Å². The lowest BCUT2D eigenvalue weighted by atomic mass is 9.96. The Bertz CT molecular complexity index is 604. The van der Waals surface area contributed by atoms with Crippen LogP contribution in [0, 0.1) is 11.8 Å². The molecule has 1 N–H and O–H groups in total. The van der Waals surface area contributed by atoms with Gasteiger partial charge in [0.25, 0.3) is 0 Å². The predicted molar refractivity (Wildman–Crippen MR) is 110 cm³/mol. The van der Waals surface area contributed by atoms with Crippen molar-refractivity contribution in [3.8, 4) is 0 Å². The minimum absolute atomic E-state index is 0.0389. The number of nitrogens with zero attached hydrogens (tertiary/aromatic N) is 3. The number of aliphatic imine (C=N–C) groups is 1. The third-order valence-corrected chi connectivity index (χ3v) is 6.62. The SMILES string of the molecule is CN=C(NCC1CCN(Cc2cccs2)CC1)N1CCC(C(=O)OC)CC1. The number of carbonyl (C=O) groups is 1. The van der Waals surface area contributed by atoms with Gasteiger partial charge in [0, 0.05) is 38.1 Å². The van der Waals surface area contributed by atoms with Gasteiger partial charge in [0.2, 0.25) is 0 Å². The maximum Gasteiger partial charge on any atom is 0.308 e. The highest BCUT2D eigenvalue weighted by atomic mass is 32.1. The number of hydrogen-bond donors (Lipinski definition) is 1. The van der Waals surface area contributed by atoms with Crippen LogP contribution in [0.1, 0.15) is 30.6 Å². The van der Waals surface area contributed by atoms with E-state index in [-0.39, 0.29) is 11.9 Å². The maximum atomic E-state index is 11.7. The molecule has 0 aromatic carbocycles. The second-order valence-electron chi connectivity index (χ2n) is 7.51. The molecule has 7 heteroatoms. The van der Waals surface area contributed by atoms with E-state index in [1.54, 1.807) is 0 Å². The standard InChI is InChI=1S/C20H32N4O2S/c1-21-20(24-11-7-17(8-12-24)19(25)26-2)22-14-16-5-9-23(10-6-16)15-18-4-3-13-27-18/h3-4,13,16-17H,5-12,14-15H2,1-2H3,(H,21,22). The van der Waals surface area contributed by atoms with Crippen LogP contribution in [0.15, 0.2) is 22.5 Å². The zero-order valence-electron chi connectivity index (χ0n) is 16.5. The van der Waals surface area contributed by atoms with E-state index in [1.165, 1.54) is 37.9 Å². The highest BCUT2D eigenvalue weighted by molar-refractivity contribution is 7.09. The number of piperidine rings is 2. The number of methoxy groups -OCH3 is 1. The summed E-state index contributed by atoms with van der Waals surface area (Å²) in [4.78, 5) is 22.4. The average molecular weight is 393 g/mol. The summed E-state index contributed by atoms with van der Waals surface area (Å²) in [5.41, 5.74) is 0. The van der Waals surface area contributed by atoms with Gasteiger partial charge in [-0.15, -0.1) is 11.3 Å². The number of rotatable bonds is 5. The van der Waals surface area contributed by atoms with Crippen molar-refractivity contribution in [2.24, 2.45) is 16.8 Å². The van der Waals surface area contributed by atoms with Crippen molar-refractivity contribution in [1.29, 1.82) is 0 Å². The number of carbonyl (C=O) groups excluding carboxylic acids is 1. The van der Waals surface area contributed by atoms with Crippen molar-refractivity contribution >= 4 is 23.3 Å². The first-order valence-electron chi connectivity index (χ1n) is 9.97. The Morgan fingerprint density at radius 3 is 2.59 bits per heavy atom. The van der Waals surface area contributed by atoms with Crippen molar-refractivity contribution < 1.29 is 9.53 Å². The molecule has 6 nitrogen and oxygen atoms in total. The van der Waals surface area contributed by atoms with E-state index in [1.807, 2.05) is 18.4 Å². The van der Waals surface area contributed by atoms with E-state index < -0.39 is 0 Å². The summed E-state index contributed by atoms with van der Waals surface area (Å²) < 4.78 is 4.87. The van der Waals surface area contributed by atoms with E-state index >= 15 is 0 Å². The van der Waals surface area contributed by atoms with Crippen LogP contribution in [0.4, 0.5) is 0 Å². The third-order valence-electron chi connectivity index (χ3n) is 5.76. The molecule has 3 heterocycles. The molecule has 0 spiro atoms. The maximum absolute atomic E-state index is 11.7. The summed E-state index contributed by atoms with van der Waals surface area (Å²) in [5.74, 6) is 1.64. The monoisotopic (exact) mass is 392 g/mol. The lowest BCUT2D eigenvalue weighted by Crippen LogP contribution is -2.48. The molecule has 1 aromatic rings. The molecular formula is C20H32N4O2S. The number of hydrogen-bond acceptors (Lipinski definition) is 5. The van der Waals surface area contributed by atoms with E-state index in [2.05, 4.69) is 37.6 Å². The second kappa shape index (κ2) is 10.1. The van der Waals surface area contributed by atoms with Gasteiger partial charge in [-0.25, -0.2) is 0 Å². The summed E-state index contributed by atoms with van der Waals surface area (Å²) in [6, 6.07) is 4.36. The van der Waals surface area contributed by atoms with E-state index in [0.29, 0.717) is 5.92 Å². The smallest absolute Gasteiger partial charge is 0.308 e. The highest BCUT2D eigenvalue weighted by Gasteiger charge is 2.27. The molecule has 150 valence electrons. The number of likely N-dealkylation sites (tertiary alicyclic amines) is 2. The number of guanidine groups is 1. The lowest BCUT2D eigenvalue weighted by Gasteiger charge is -2.35. The first-order valence-corrected chi connectivity index (χ1v) is 10.9. The zero-order chi connectivity index (χ0) is 19.1. The number of esters is 1. The van der Waals surface area contributed by atoms with Crippen molar-refractivity contribution in [2.45, 2.75) is 32.2 Å². The molecule has 2 fully saturated rings. The molecule has 2 saturated heterocycles. The Kier molecular flexibility index (Phi) is 7.52. The number of nitrogens with one attached hydrogen (secondary N) is 1. The fourth-order valence-electron chi connectivity index (χ4n) is 4.03. The molecule has 0 aliphatic carbocycles. The van der Waals surface area contributed by atoms with Gasteiger partial charge >= 0.3 is 5.97 Å². The fourth-order valence-corrected chi connectivity index (χ4v) is 4.78. The van der Waals surface area contributed by atoms with Crippen molar-refractivity contribution in [3.05, 3.63) is 22.4 Å². The molecule has 0 unspecified atom stereocenters. The van der Waals surface area contributed by atoms with Crippen LogP contribution in [0.25, 0.3) is 0 Å². The van der Waals surface area contributed by atoms with Gasteiger partial charge in [-0.05, 0) is 56.1 Å². The number of ether oxygens (including phenoxy) is 1. The third kappa shape index (κ3) is 5.69. The highest BCUT2D eigenvalue weighted by Crippen LogP contribution is 2.21. The summed E-state index contributed by atoms with van der Waals surface area (Å²) in [5, 5.41) is 5.73. The summed E-state index contributed by atoms with van der Waals surface area (Å²) in [6.45, 7) is 6.14. The quantitative estimate of drug-likeness (QED) is 0.474. The summed E-state index contributed by atoms with van der Waals surface area (Å²) in [7, 11) is 3.32. The van der Waals surface area contributed by atoms with E-state index in [4.69, 9.17) is 4.74 Å². The Morgan fingerprint density at radius 2 is 2.00 bits per heavy atom. The molecule has 0 saturated carbocycles. The molecule has 0 atom stereocenters. The van der Waals surface area contributed by atoms with Crippen LogP contribution in [-0.4, -0.2) is 68.6 Å². The molecule has 1 aromatic heterocycles. The van der Waals surface area contributed by atoms with Crippen molar-refractivity contribution in [2.75, 3.05) is 46.9 Å². The summed E-state index contributed by atoms with van der Waals surface area (Å²) >= 11 is 1.85. The van der Waals surface area contributed by atoms with Gasteiger partial charge in [0.05, 0.1) is 13.0 Å². The first kappa shape index (κ1) is 20.1. The predicted octanol–water partition coefficient (Wildman–Crippen LogP) is 2.42. The van der Waals surface area contributed by atoms with Crippen LogP contribution in [0.3, 0.4) is 0 Å². The van der Waals surface area contributed by atoms with Crippen LogP contribution < -0.4 is 5.32 Å². The first-order chi connectivity index (χ1) is 13.2.